The maximum atomic E-state index is 3.20. The van der Waals surface area contributed by atoms with Crippen molar-refractivity contribution >= 4 is 0 Å². The predicted octanol–water partition coefficient (Wildman–Crippen LogP) is -0.612. The minimum absolute atomic E-state index is 0. The van der Waals surface area contributed by atoms with Crippen LogP contribution in [0.1, 0.15) is 57.1 Å². The van der Waals surface area contributed by atoms with Crippen LogP contribution in [0.15, 0.2) is 97.6 Å². The molecule has 2 heterocycles. The lowest BCUT2D eigenvalue weighted by atomic mass is 9.49. The maximum absolute atomic E-state index is 3.20. The van der Waals surface area contributed by atoms with E-state index in [0.29, 0.717) is 23.7 Å². The van der Waals surface area contributed by atoms with E-state index in [9.17, 15) is 0 Å². The summed E-state index contributed by atoms with van der Waals surface area (Å²) in [5.41, 5.74) is 8.29. The molecule has 164 valence electrons. The van der Waals surface area contributed by atoms with Crippen LogP contribution in [0.5, 0.6) is 0 Å². The van der Waals surface area contributed by atoms with Crippen molar-refractivity contribution in [2.24, 2.45) is 0 Å². The van der Waals surface area contributed by atoms with Crippen LogP contribution < -0.4 is 34.8 Å². The van der Waals surface area contributed by atoms with Crippen molar-refractivity contribution in [2.75, 3.05) is 0 Å². The molecule has 4 aromatic rings. The van der Waals surface area contributed by atoms with E-state index >= 15 is 0 Å². The minimum atomic E-state index is 0. The van der Waals surface area contributed by atoms with Gasteiger partial charge in [0.15, 0.2) is 24.8 Å². The molecule has 0 spiro atoms. The molecule has 1 aliphatic rings. The molecule has 4 heteroatoms. The van der Waals surface area contributed by atoms with Gasteiger partial charge < -0.3 is 24.8 Å². The quantitative estimate of drug-likeness (QED) is 0.387. The first kappa shape index (κ1) is 24.0. The summed E-state index contributed by atoms with van der Waals surface area (Å²) in [6, 6.07) is 27.3. The van der Waals surface area contributed by atoms with Crippen molar-refractivity contribution in [1.29, 1.82) is 0 Å². The fourth-order valence-electron chi connectivity index (χ4n) is 5.23. The number of nitrogens with one attached hydrogen (secondary N) is 2. The Bertz CT molecular complexity index is 1020. The second kappa shape index (κ2) is 10.3. The zero-order valence-electron chi connectivity index (χ0n) is 18.3. The van der Waals surface area contributed by atoms with Gasteiger partial charge in [0.25, 0.3) is 0 Å². The smallest absolute Gasteiger partial charge is 0.167 e. The number of aromatic nitrogens is 2. The second-order valence-electron chi connectivity index (χ2n) is 8.59. The van der Waals surface area contributed by atoms with Crippen molar-refractivity contribution in [1.82, 2.24) is 0 Å². The molecule has 0 saturated heterocycles. The summed E-state index contributed by atoms with van der Waals surface area (Å²) in [4.78, 5) is 6.39. The van der Waals surface area contributed by atoms with Gasteiger partial charge in [0, 0.05) is 24.3 Å². The Morgan fingerprint density at radius 3 is 0.938 bits per heavy atom. The van der Waals surface area contributed by atoms with E-state index in [0.717, 1.165) is 0 Å². The zero-order valence-corrected chi connectivity index (χ0v) is 19.8. The number of hydrogen-bond acceptors (Lipinski definition) is 0. The van der Waals surface area contributed by atoms with Crippen molar-refractivity contribution in [2.45, 2.75) is 37.5 Å². The van der Waals surface area contributed by atoms with Gasteiger partial charge in [-0.15, -0.1) is 0 Å². The summed E-state index contributed by atoms with van der Waals surface area (Å²) in [5.74, 6) is 1.78. The molecular formula is C28H28Cl2N2. The summed E-state index contributed by atoms with van der Waals surface area (Å²) in [6.45, 7) is 4.32. The van der Waals surface area contributed by atoms with E-state index in [2.05, 4.69) is 121 Å². The van der Waals surface area contributed by atoms with Crippen LogP contribution in [0.3, 0.4) is 0 Å². The summed E-state index contributed by atoms with van der Waals surface area (Å²) >= 11 is 0. The number of aromatic amines is 2. The summed E-state index contributed by atoms with van der Waals surface area (Å²) in [6.07, 6.45) is 8.21. The lowest BCUT2D eigenvalue weighted by molar-refractivity contribution is -0.378. The molecule has 4 atom stereocenters. The van der Waals surface area contributed by atoms with Crippen molar-refractivity contribution in [3.8, 4) is 0 Å². The van der Waals surface area contributed by atoms with Gasteiger partial charge in [0.2, 0.25) is 0 Å². The highest BCUT2D eigenvalue weighted by molar-refractivity contribution is 5.47. The number of H-pyrrole nitrogens is 2. The lowest BCUT2D eigenvalue weighted by Crippen LogP contribution is -3.00. The minimum Gasteiger partial charge on any atom is -1.00 e. The van der Waals surface area contributed by atoms with Gasteiger partial charge >= 0.3 is 0 Å². The lowest BCUT2D eigenvalue weighted by Gasteiger charge is -2.53. The molecule has 2 aromatic heterocycles. The summed E-state index contributed by atoms with van der Waals surface area (Å²) < 4.78 is 0. The van der Waals surface area contributed by atoms with E-state index < -0.39 is 0 Å². The normalized spacial score (nSPS) is 21.6. The highest BCUT2D eigenvalue weighted by Crippen LogP contribution is 2.66. The van der Waals surface area contributed by atoms with Crippen LogP contribution in [0, 0.1) is 13.8 Å². The van der Waals surface area contributed by atoms with Crippen LogP contribution in [-0.4, -0.2) is 0 Å². The van der Waals surface area contributed by atoms with Crippen molar-refractivity contribution < 1.29 is 34.8 Å². The monoisotopic (exact) mass is 462 g/mol. The zero-order chi connectivity index (χ0) is 20.5. The summed E-state index contributed by atoms with van der Waals surface area (Å²) in [5, 5.41) is 0. The third-order valence-corrected chi connectivity index (χ3v) is 6.73. The number of halogens is 2. The molecule has 2 nitrogen and oxygen atoms in total. The van der Waals surface area contributed by atoms with Gasteiger partial charge in [-0.3, -0.25) is 0 Å². The molecule has 0 amide bonds. The number of aryl methyl sites for hydroxylation is 2. The standard InChI is InChI=1S/C28H26N2.2ClH/c1-19-3-7-21(8-4-19)25-26(22-9-5-20(2)6-10-22)28(24-13-17-30-18-14-24)27(25)23-11-15-29-16-12-23;;/h3-18,25-28H,1-2H3;2*1H/t25-,26+,27?,28?;;. The third-order valence-electron chi connectivity index (χ3n) is 6.73. The van der Waals surface area contributed by atoms with Gasteiger partial charge in [-0.2, -0.15) is 0 Å². The second-order valence-corrected chi connectivity index (χ2v) is 8.59. The van der Waals surface area contributed by atoms with E-state index in [1.54, 1.807) is 0 Å². The fourth-order valence-corrected chi connectivity index (χ4v) is 5.23. The van der Waals surface area contributed by atoms with E-state index in [-0.39, 0.29) is 24.8 Å². The molecule has 2 aromatic carbocycles. The maximum Gasteiger partial charge on any atom is 0.167 e. The Morgan fingerprint density at radius 2 is 0.656 bits per heavy atom. The Morgan fingerprint density at radius 1 is 0.406 bits per heavy atom. The van der Waals surface area contributed by atoms with E-state index in [4.69, 9.17) is 0 Å². The highest BCUT2D eigenvalue weighted by Gasteiger charge is 2.52. The third kappa shape index (κ3) is 4.44. The van der Waals surface area contributed by atoms with Gasteiger partial charge in [0.05, 0.1) is 0 Å². The van der Waals surface area contributed by atoms with Crippen LogP contribution in [0.4, 0.5) is 0 Å². The molecular weight excluding hydrogens is 435 g/mol. The molecule has 32 heavy (non-hydrogen) atoms. The Labute approximate surface area is 203 Å². The highest BCUT2D eigenvalue weighted by atomic mass is 35.5. The van der Waals surface area contributed by atoms with E-state index in [1.165, 1.54) is 33.4 Å². The van der Waals surface area contributed by atoms with Gasteiger partial charge in [-0.25, -0.2) is 9.97 Å². The average molecular weight is 463 g/mol. The summed E-state index contributed by atoms with van der Waals surface area (Å²) in [7, 11) is 0. The van der Waals surface area contributed by atoms with E-state index in [1.807, 2.05) is 0 Å². The molecule has 2 unspecified atom stereocenters. The molecule has 1 aliphatic carbocycles. The van der Waals surface area contributed by atoms with Crippen LogP contribution in [0.25, 0.3) is 0 Å². The first-order valence-electron chi connectivity index (χ1n) is 10.8. The average Bonchev–Trinajstić information content (AvgIpc) is 2.77. The SMILES string of the molecule is Cc1ccc([C@@H]2C(c3cc[nH+]cc3)C(c3cc[nH+]cc3)[C@@H]2c2ccc(C)cc2)cc1.[Cl-].[Cl-]. The Hall–Kier alpha value is -2.68. The largest absolute Gasteiger partial charge is 1.00 e. The molecule has 0 aliphatic heterocycles. The number of pyridine rings is 2. The van der Waals surface area contributed by atoms with Crippen molar-refractivity contribution in [3.05, 3.63) is 131 Å². The fraction of sp³-hybridized carbons (Fsp3) is 0.214. The van der Waals surface area contributed by atoms with Crippen LogP contribution in [0.2, 0.25) is 0 Å². The van der Waals surface area contributed by atoms with Crippen molar-refractivity contribution in [3.63, 3.8) is 0 Å². The topological polar surface area (TPSA) is 28.3 Å². The Balaban J connectivity index is 0.00000144. The van der Waals surface area contributed by atoms with Crippen LogP contribution >= 0.6 is 0 Å². The number of hydrogen-bond donors (Lipinski definition) is 0. The number of rotatable bonds is 4. The molecule has 2 N–H and O–H groups in total. The first-order chi connectivity index (χ1) is 14.7. The molecule has 0 radical (unpaired) electrons. The molecule has 1 fully saturated rings. The first-order valence-corrected chi connectivity index (χ1v) is 10.8. The van der Waals surface area contributed by atoms with Crippen LogP contribution in [-0.2, 0) is 0 Å². The van der Waals surface area contributed by atoms with Gasteiger partial charge in [-0.1, -0.05) is 59.7 Å². The molecule has 0 bridgehead atoms. The van der Waals surface area contributed by atoms with Gasteiger partial charge in [-0.05, 0) is 59.8 Å². The van der Waals surface area contributed by atoms with Gasteiger partial charge in [0.1, 0.15) is 0 Å². The number of benzene rings is 2. The molecule has 1 saturated carbocycles. The molecule has 5 rings (SSSR count). The predicted molar refractivity (Wildman–Crippen MR) is 119 cm³/mol. The Kier molecular flexibility index (Phi) is 7.71.